The minimum absolute atomic E-state index is 0.114. The van der Waals surface area contributed by atoms with Gasteiger partial charge in [0.25, 0.3) is 0 Å². The molecule has 0 fully saturated rings. The van der Waals surface area contributed by atoms with Gasteiger partial charge in [-0.3, -0.25) is 9.48 Å². The van der Waals surface area contributed by atoms with Gasteiger partial charge in [-0.25, -0.2) is 0 Å². The summed E-state index contributed by atoms with van der Waals surface area (Å²) in [5.74, 6) is -0.234. The molecule has 0 bridgehead atoms. The Morgan fingerprint density at radius 3 is 2.67 bits per heavy atom. The van der Waals surface area contributed by atoms with Gasteiger partial charge in [-0.2, -0.15) is 13.9 Å². The summed E-state index contributed by atoms with van der Waals surface area (Å²) in [6.07, 6.45) is 5.80. The minimum Gasteiger partial charge on any atom is -0.493 e. The first-order valence-electron chi connectivity index (χ1n) is 7.30. The lowest BCUT2D eigenvalue weighted by Gasteiger charge is -2.12. The highest BCUT2D eigenvalue weighted by Gasteiger charge is 2.14. The molecule has 0 radical (unpaired) electrons. The van der Waals surface area contributed by atoms with E-state index in [4.69, 9.17) is 4.74 Å². The maximum atomic E-state index is 12.6. The van der Waals surface area contributed by atoms with Crippen molar-refractivity contribution in [2.24, 2.45) is 0 Å². The number of nitrogens with zero attached hydrogens (tertiary/aromatic N) is 2. The minimum atomic E-state index is -2.99. The van der Waals surface area contributed by atoms with Crippen molar-refractivity contribution in [3.05, 3.63) is 47.8 Å². The van der Waals surface area contributed by atoms with Crippen molar-refractivity contribution in [3.63, 3.8) is 0 Å². The maximum absolute atomic E-state index is 12.6. The second-order valence-corrected chi connectivity index (χ2v) is 5.26. The van der Waals surface area contributed by atoms with Crippen LogP contribution in [0.3, 0.4) is 0 Å². The smallest absolute Gasteiger partial charge is 0.387 e. The predicted octanol–water partition coefficient (Wildman–Crippen LogP) is 3.97. The molecule has 0 N–H and O–H groups in total. The molecular formula is C17H18F2N2O3. The fraction of sp³-hybridized carbons (Fsp3) is 0.294. The summed E-state index contributed by atoms with van der Waals surface area (Å²) < 4.78 is 36.3. The van der Waals surface area contributed by atoms with Crippen LogP contribution in [0.5, 0.6) is 11.5 Å². The predicted molar refractivity (Wildman–Crippen MR) is 85.6 cm³/mol. The largest absolute Gasteiger partial charge is 0.493 e. The van der Waals surface area contributed by atoms with Gasteiger partial charge in [-0.15, -0.1) is 0 Å². The lowest BCUT2D eigenvalue weighted by Crippen LogP contribution is -2.05. The zero-order valence-electron chi connectivity index (χ0n) is 13.6. The molecule has 0 aliphatic heterocycles. The molecule has 2 aromatic rings. The first kappa shape index (κ1) is 17.7. The van der Waals surface area contributed by atoms with Crippen LogP contribution in [0.1, 0.15) is 35.8 Å². The number of ketones is 1. The Balaban J connectivity index is 2.25. The van der Waals surface area contributed by atoms with E-state index in [1.807, 2.05) is 13.8 Å². The number of methoxy groups -OCH3 is 1. The molecule has 1 heterocycles. The van der Waals surface area contributed by atoms with Crippen LogP contribution in [0.2, 0.25) is 0 Å². The van der Waals surface area contributed by atoms with Gasteiger partial charge in [-0.05, 0) is 32.1 Å². The van der Waals surface area contributed by atoms with Gasteiger partial charge in [0, 0.05) is 17.8 Å². The van der Waals surface area contributed by atoms with Crippen molar-refractivity contribution >= 4 is 11.9 Å². The molecule has 1 aromatic carbocycles. The fourth-order valence-corrected chi connectivity index (χ4v) is 2.05. The van der Waals surface area contributed by atoms with Gasteiger partial charge in [0.1, 0.15) is 0 Å². The first-order valence-corrected chi connectivity index (χ1v) is 7.30. The van der Waals surface area contributed by atoms with Crippen LogP contribution in [0.4, 0.5) is 8.78 Å². The second kappa shape index (κ2) is 7.72. The SMILES string of the molecule is COc1cccc(/C=C/C(=O)c2cnn(C(C)C)c2)c1OC(F)F. The van der Waals surface area contributed by atoms with Gasteiger partial charge >= 0.3 is 6.61 Å². The zero-order chi connectivity index (χ0) is 17.7. The molecule has 7 heteroatoms. The number of carbonyl (C=O) groups is 1. The van der Waals surface area contributed by atoms with Crippen molar-refractivity contribution in [1.82, 2.24) is 9.78 Å². The molecule has 2 rings (SSSR count). The Bertz CT molecular complexity index is 739. The molecule has 0 spiro atoms. The van der Waals surface area contributed by atoms with E-state index >= 15 is 0 Å². The Kier molecular flexibility index (Phi) is 5.68. The molecule has 0 saturated heterocycles. The third-order valence-corrected chi connectivity index (χ3v) is 3.27. The summed E-state index contributed by atoms with van der Waals surface area (Å²) in [6, 6.07) is 4.82. The van der Waals surface area contributed by atoms with Crippen LogP contribution in [-0.2, 0) is 0 Å². The molecule has 0 atom stereocenters. The summed E-state index contributed by atoms with van der Waals surface area (Å²) in [5, 5.41) is 4.09. The number of para-hydroxylation sites is 1. The van der Waals surface area contributed by atoms with E-state index in [9.17, 15) is 13.6 Å². The van der Waals surface area contributed by atoms with Crippen molar-refractivity contribution in [3.8, 4) is 11.5 Å². The quantitative estimate of drug-likeness (QED) is 0.567. The van der Waals surface area contributed by atoms with Crippen molar-refractivity contribution in [1.29, 1.82) is 0 Å². The summed E-state index contributed by atoms with van der Waals surface area (Å²) >= 11 is 0. The number of hydrogen-bond acceptors (Lipinski definition) is 4. The first-order chi connectivity index (χ1) is 11.4. The molecule has 0 aliphatic carbocycles. The van der Waals surface area contributed by atoms with Crippen LogP contribution >= 0.6 is 0 Å². The zero-order valence-corrected chi connectivity index (χ0v) is 13.6. The number of allylic oxidation sites excluding steroid dienone is 1. The number of carbonyl (C=O) groups excluding carboxylic acids is 1. The number of rotatable bonds is 7. The average molecular weight is 336 g/mol. The standard InChI is InChI=1S/C17H18F2N2O3/c1-11(2)21-10-13(9-20-21)14(22)8-7-12-5-4-6-15(23-3)16(12)24-17(18)19/h4-11,17H,1-3H3/b8-7+. The van der Waals surface area contributed by atoms with Gasteiger partial charge in [0.15, 0.2) is 17.3 Å². The number of hydrogen-bond donors (Lipinski definition) is 0. The van der Waals surface area contributed by atoms with Crippen LogP contribution in [0.25, 0.3) is 6.08 Å². The van der Waals surface area contributed by atoms with Gasteiger partial charge in [0.05, 0.1) is 18.9 Å². The van der Waals surface area contributed by atoms with Gasteiger partial charge in [-0.1, -0.05) is 12.1 Å². The second-order valence-electron chi connectivity index (χ2n) is 5.26. The van der Waals surface area contributed by atoms with E-state index < -0.39 is 6.61 Å². The highest BCUT2D eigenvalue weighted by atomic mass is 19.3. The molecule has 0 saturated carbocycles. The molecular weight excluding hydrogens is 318 g/mol. The summed E-state index contributed by atoms with van der Waals surface area (Å²) in [4.78, 5) is 12.2. The topological polar surface area (TPSA) is 53.3 Å². The van der Waals surface area contributed by atoms with Crippen LogP contribution in [-0.4, -0.2) is 29.3 Å². The highest BCUT2D eigenvalue weighted by Crippen LogP contribution is 2.33. The van der Waals surface area contributed by atoms with Crippen LogP contribution in [0, 0.1) is 0 Å². The van der Waals surface area contributed by atoms with Gasteiger partial charge in [0.2, 0.25) is 0 Å². The Labute approximate surface area is 138 Å². The number of ether oxygens (including phenoxy) is 2. The summed E-state index contributed by atoms with van der Waals surface area (Å²) in [7, 11) is 1.35. The number of aromatic nitrogens is 2. The lowest BCUT2D eigenvalue weighted by molar-refractivity contribution is -0.0513. The molecule has 1 aromatic heterocycles. The Morgan fingerprint density at radius 2 is 2.08 bits per heavy atom. The van der Waals surface area contributed by atoms with E-state index in [1.54, 1.807) is 23.0 Å². The summed E-state index contributed by atoms with van der Waals surface area (Å²) in [6.45, 7) is 0.899. The summed E-state index contributed by atoms with van der Waals surface area (Å²) in [5.41, 5.74) is 0.735. The van der Waals surface area contributed by atoms with Crippen molar-refractivity contribution in [2.75, 3.05) is 7.11 Å². The maximum Gasteiger partial charge on any atom is 0.387 e. The third kappa shape index (κ3) is 4.18. The molecule has 5 nitrogen and oxygen atoms in total. The monoisotopic (exact) mass is 336 g/mol. The van der Waals surface area contributed by atoms with E-state index in [2.05, 4.69) is 9.84 Å². The van der Waals surface area contributed by atoms with Crippen LogP contribution < -0.4 is 9.47 Å². The van der Waals surface area contributed by atoms with Crippen molar-refractivity contribution in [2.45, 2.75) is 26.5 Å². The molecule has 0 unspecified atom stereocenters. The molecule has 0 aliphatic rings. The Morgan fingerprint density at radius 1 is 1.33 bits per heavy atom. The highest BCUT2D eigenvalue weighted by molar-refractivity contribution is 6.06. The lowest BCUT2D eigenvalue weighted by atomic mass is 10.1. The third-order valence-electron chi connectivity index (χ3n) is 3.27. The van der Waals surface area contributed by atoms with E-state index in [-0.39, 0.29) is 23.3 Å². The Hall–Kier alpha value is -2.70. The molecule has 24 heavy (non-hydrogen) atoms. The number of benzene rings is 1. The van der Waals surface area contributed by atoms with Crippen molar-refractivity contribution < 1.29 is 23.0 Å². The number of alkyl halides is 2. The fourth-order valence-electron chi connectivity index (χ4n) is 2.05. The number of halogens is 2. The van der Waals surface area contributed by atoms with Gasteiger partial charge < -0.3 is 9.47 Å². The average Bonchev–Trinajstić information content (AvgIpc) is 3.03. The normalized spacial score (nSPS) is 11.5. The van der Waals surface area contributed by atoms with Crippen LogP contribution in [0.15, 0.2) is 36.7 Å². The molecule has 0 amide bonds. The van der Waals surface area contributed by atoms with E-state index in [1.165, 1.54) is 31.5 Å². The van der Waals surface area contributed by atoms with E-state index in [0.717, 1.165) is 0 Å². The molecule has 128 valence electrons. The van der Waals surface area contributed by atoms with E-state index in [0.29, 0.717) is 11.1 Å².